The van der Waals surface area contributed by atoms with Crippen LogP contribution in [0.4, 0.5) is 5.69 Å². The Hall–Kier alpha value is -1.43. The lowest BCUT2D eigenvalue weighted by atomic mass is 10.2. The third-order valence-electron chi connectivity index (χ3n) is 3.96. The molecule has 1 saturated heterocycles. The summed E-state index contributed by atoms with van der Waals surface area (Å²) in [6.07, 6.45) is 2.55. The fourth-order valence-electron chi connectivity index (χ4n) is 2.68. The van der Waals surface area contributed by atoms with E-state index in [9.17, 15) is 0 Å². The van der Waals surface area contributed by atoms with E-state index in [1.807, 2.05) is 0 Å². The molecule has 1 atom stereocenters. The number of nitrogens with zero attached hydrogens (tertiary/aromatic N) is 1. The van der Waals surface area contributed by atoms with Crippen LogP contribution in [-0.4, -0.2) is 29.3 Å². The fraction of sp³-hybridized carbons (Fsp3) is 0.389. The van der Waals surface area contributed by atoms with Crippen molar-refractivity contribution < 1.29 is 4.74 Å². The molecule has 0 aliphatic carbocycles. The monoisotopic (exact) mass is 346 g/mol. The van der Waals surface area contributed by atoms with Crippen molar-refractivity contribution in [1.82, 2.24) is 4.90 Å². The van der Waals surface area contributed by atoms with Crippen LogP contribution in [0.3, 0.4) is 0 Å². The Morgan fingerprint density at radius 2 is 2.17 bits per heavy atom. The van der Waals surface area contributed by atoms with Gasteiger partial charge in [0.05, 0.1) is 12.6 Å². The molecule has 3 nitrogen and oxygen atoms in total. The van der Waals surface area contributed by atoms with Gasteiger partial charge in [-0.2, -0.15) is 0 Å². The summed E-state index contributed by atoms with van der Waals surface area (Å²) in [6.45, 7) is 4.63. The number of hydrogen-bond donors (Lipinski definition) is 1. The second-order valence-electron chi connectivity index (χ2n) is 5.89. The van der Waals surface area contributed by atoms with Crippen molar-refractivity contribution in [2.45, 2.75) is 32.4 Å². The molecule has 1 aliphatic rings. The highest BCUT2D eigenvalue weighted by Gasteiger charge is 2.21. The van der Waals surface area contributed by atoms with Crippen molar-refractivity contribution >= 4 is 34.4 Å². The van der Waals surface area contributed by atoms with Gasteiger partial charge in [0.25, 0.3) is 0 Å². The maximum atomic E-state index is 5.79. The largest absolute Gasteiger partial charge is 0.376 e. The Morgan fingerprint density at radius 1 is 1.35 bits per heavy atom. The van der Waals surface area contributed by atoms with Crippen molar-refractivity contribution in [2.24, 2.45) is 0 Å². The van der Waals surface area contributed by atoms with Gasteiger partial charge in [-0.3, -0.25) is 0 Å². The molecule has 1 aliphatic heterocycles. The Kier molecular flexibility index (Phi) is 5.65. The minimum absolute atomic E-state index is 0.285. The number of thiocarbonyl (C=S) groups is 1. The molecule has 23 heavy (non-hydrogen) atoms. The second kappa shape index (κ2) is 7.90. The van der Waals surface area contributed by atoms with E-state index in [-0.39, 0.29) is 6.10 Å². The molecule has 0 unspecified atom stereocenters. The standard InChI is InChI=1S/C18H22N2OS2/c1-14-6-8-15(9-7-14)19-18(22)20(12-16-4-2-10-21-16)13-17-5-3-11-23-17/h3,5-9,11,16H,2,4,10,12-13H2,1H3,(H,19,22)/t16-/m1/s1. The van der Waals surface area contributed by atoms with Gasteiger partial charge in [-0.15, -0.1) is 11.3 Å². The van der Waals surface area contributed by atoms with Gasteiger partial charge in [0.2, 0.25) is 0 Å². The molecule has 5 heteroatoms. The number of ether oxygens (including phenoxy) is 1. The summed E-state index contributed by atoms with van der Waals surface area (Å²) in [6, 6.07) is 12.6. The molecule has 2 heterocycles. The van der Waals surface area contributed by atoms with Crippen LogP contribution in [0, 0.1) is 6.92 Å². The van der Waals surface area contributed by atoms with Gasteiger partial charge in [-0.05, 0) is 55.6 Å². The number of anilines is 1. The van der Waals surface area contributed by atoms with Crippen molar-refractivity contribution in [3.05, 3.63) is 52.2 Å². The highest BCUT2D eigenvalue weighted by Crippen LogP contribution is 2.19. The molecular weight excluding hydrogens is 324 g/mol. The van der Waals surface area contributed by atoms with Gasteiger partial charge in [-0.1, -0.05) is 23.8 Å². The minimum atomic E-state index is 0.285. The van der Waals surface area contributed by atoms with E-state index in [1.165, 1.54) is 10.4 Å². The van der Waals surface area contributed by atoms with Gasteiger partial charge in [0.1, 0.15) is 0 Å². The summed E-state index contributed by atoms with van der Waals surface area (Å²) in [5.74, 6) is 0. The molecular formula is C18H22N2OS2. The molecule has 0 amide bonds. The number of nitrogens with one attached hydrogen (secondary N) is 1. The molecule has 0 spiro atoms. The van der Waals surface area contributed by atoms with Crippen molar-refractivity contribution in [3.63, 3.8) is 0 Å². The smallest absolute Gasteiger partial charge is 0.173 e. The molecule has 2 aromatic rings. The average Bonchev–Trinajstić information content (AvgIpc) is 3.22. The highest BCUT2D eigenvalue weighted by atomic mass is 32.1. The van der Waals surface area contributed by atoms with Crippen LogP contribution in [0.15, 0.2) is 41.8 Å². The van der Waals surface area contributed by atoms with Crippen molar-refractivity contribution in [3.8, 4) is 0 Å². The lowest BCUT2D eigenvalue weighted by Gasteiger charge is -2.28. The van der Waals surface area contributed by atoms with E-state index in [0.717, 1.165) is 43.3 Å². The maximum absolute atomic E-state index is 5.79. The number of rotatable bonds is 5. The zero-order chi connectivity index (χ0) is 16.1. The Balaban J connectivity index is 1.67. The lowest BCUT2D eigenvalue weighted by molar-refractivity contribution is 0.0907. The van der Waals surface area contributed by atoms with Crippen LogP contribution in [0.25, 0.3) is 0 Å². The summed E-state index contributed by atoms with van der Waals surface area (Å²) < 4.78 is 5.79. The topological polar surface area (TPSA) is 24.5 Å². The molecule has 1 aromatic heterocycles. The Bertz CT molecular complexity index is 619. The second-order valence-corrected chi connectivity index (χ2v) is 7.31. The fourth-order valence-corrected chi connectivity index (χ4v) is 3.66. The SMILES string of the molecule is Cc1ccc(NC(=S)N(Cc2cccs2)C[C@H]2CCCO2)cc1. The van der Waals surface area contributed by atoms with Gasteiger partial charge in [0, 0.05) is 23.7 Å². The first-order chi connectivity index (χ1) is 11.2. The lowest BCUT2D eigenvalue weighted by Crippen LogP contribution is -2.39. The van der Waals surface area contributed by atoms with Crippen LogP contribution in [-0.2, 0) is 11.3 Å². The molecule has 1 N–H and O–H groups in total. The van der Waals surface area contributed by atoms with Gasteiger partial charge < -0.3 is 15.0 Å². The van der Waals surface area contributed by atoms with E-state index >= 15 is 0 Å². The normalized spacial score (nSPS) is 17.2. The quantitative estimate of drug-likeness (QED) is 0.809. The van der Waals surface area contributed by atoms with Crippen molar-refractivity contribution in [1.29, 1.82) is 0 Å². The van der Waals surface area contributed by atoms with Crippen molar-refractivity contribution in [2.75, 3.05) is 18.5 Å². The first-order valence-electron chi connectivity index (χ1n) is 7.97. The van der Waals surface area contributed by atoms with Gasteiger partial charge >= 0.3 is 0 Å². The van der Waals surface area contributed by atoms with Crippen LogP contribution >= 0.6 is 23.6 Å². The van der Waals surface area contributed by atoms with E-state index in [4.69, 9.17) is 17.0 Å². The first kappa shape index (κ1) is 16.4. The average molecular weight is 347 g/mol. The first-order valence-corrected chi connectivity index (χ1v) is 9.26. The molecule has 0 bridgehead atoms. The predicted molar refractivity (Wildman–Crippen MR) is 101 cm³/mol. The van der Waals surface area contributed by atoms with Crippen LogP contribution in [0.1, 0.15) is 23.3 Å². The molecule has 122 valence electrons. The van der Waals surface area contributed by atoms with Gasteiger partial charge in [-0.25, -0.2) is 0 Å². The predicted octanol–water partition coefficient (Wildman–Crippen LogP) is 4.43. The number of thiophene rings is 1. The van der Waals surface area contributed by atoms with Gasteiger partial charge in [0.15, 0.2) is 5.11 Å². The van der Waals surface area contributed by atoms with Crippen LogP contribution < -0.4 is 5.32 Å². The third-order valence-corrected chi connectivity index (χ3v) is 5.19. The Morgan fingerprint density at radius 3 is 2.83 bits per heavy atom. The van der Waals surface area contributed by atoms with E-state index in [1.54, 1.807) is 11.3 Å². The number of hydrogen-bond acceptors (Lipinski definition) is 3. The zero-order valence-corrected chi connectivity index (χ0v) is 15.0. The summed E-state index contributed by atoms with van der Waals surface area (Å²) in [5.41, 5.74) is 2.28. The van der Waals surface area contributed by atoms with E-state index in [2.05, 4.69) is 58.9 Å². The molecule has 1 fully saturated rings. The summed E-state index contributed by atoms with van der Waals surface area (Å²) >= 11 is 7.43. The molecule has 0 saturated carbocycles. The van der Waals surface area contributed by atoms with Crippen LogP contribution in [0.5, 0.6) is 0 Å². The Labute approximate surface area is 147 Å². The molecule has 0 radical (unpaired) electrons. The maximum Gasteiger partial charge on any atom is 0.173 e. The van der Waals surface area contributed by atoms with E-state index in [0.29, 0.717) is 0 Å². The number of benzene rings is 1. The zero-order valence-electron chi connectivity index (χ0n) is 13.3. The molecule has 3 rings (SSSR count). The third kappa shape index (κ3) is 4.77. The summed E-state index contributed by atoms with van der Waals surface area (Å²) in [4.78, 5) is 3.54. The minimum Gasteiger partial charge on any atom is -0.376 e. The van der Waals surface area contributed by atoms with Crippen LogP contribution in [0.2, 0.25) is 0 Å². The highest BCUT2D eigenvalue weighted by molar-refractivity contribution is 7.80. The summed E-state index contributed by atoms with van der Waals surface area (Å²) in [7, 11) is 0. The molecule has 1 aromatic carbocycles. The summed E-state index contributed by atoms with van der Waals surface area (Å²) in [5, 5.41) is 6.23. The van der Waals surface area contributed by atoms with E-state index < -0.39 is 0 Å². The number of aryl methyl sites for hydroxylation is 1.